The Labute approximate surface area is 857 Å². The fourth-order valence-corrected chi connectivity index (χ4v) is 14.4. The van der Waals surface area contributed by atoms with Gasteiger partial charge in [-0.15, -0.1) is 197 Å². The molecule has 16 nitrogen and oxygen atoms in total. The molecule has 0 aliphatic rings. The quantitative estimate of drug-likeness (QED) is 0.123. The first-order valence-electron chi connectivity index (χ1n) is 45.8. The molecular weight excluding hydrogens is 2410 g/mol. The van der Waals surface area contributed by atoms with Crippen LogP contribution < -0.4 is 0 Å². The summed E-state index contributed by atoms with van der Waals surface area (Å²) in [6, 6.07) is 120. The molecule has 24 aromatic rings. The molecule has 0 aliphatic heterocycles. The van der Waals surface area contributed by atoms with E-state index >= 15 is 0 Å². The van der Waals surface area contributed by atoms with E-state index in [-0.39, 0.29) is 91.5 Å². The van der Waals surface area contributed by atoms with E-state index in [1.165, 1.54) is 22.8 Å². The van der Waals surface area contributed by atoms with Crippen molar-refractivity contribution in [2.45, 2.75) is 61.2 Å². The van der Waals surface area contributed by atoms with Gasteiger partial charge in [0, 0.05) is 172 Å². The monoisotopic (exact) mass is 2500 g/mol. The summed E-state index contributed by atoms with van der Waals surface area (Å²) in [6.45, 7) is 7.40. The first-order chi connectivity index (χ1) is 67.7. The summed E-state index contributed by atoms with van der Waals surface area (Å²) in [6.07, 6.45) is 21.6. The molecule has 137 heavy (non-hydrogen) atoms. The fourth-order valence-electron chi connectivity index (χ4n) is 14.4. The summed E-state index contributed by atoms with van der Waals surface area (Å²) in [5.74, 6) is 0.380. The second-order valence-electron chi connectivity index (χ2n) is 30.9. The number of fused-ring (bicyclic) bond motifs is 12. The second kappa shape index (κ2) is 48.5. The van der Waals surface area contributed by atoms with Crippen molar-refractivity contribution >= 4 is 88.3 Å². The SMILES string of the molecule is Cc1ccc(-c2[c-]cccc2)nc1.Cc1ccc(-c2[c-]cccc2)nc1.Cc1ccc2c(n1)oc1c(-c3ccccn3)[c-]ccc12.Cc1ccnc(-c2[c-]ccc3c2oc2c(C(C)C)ccnc23)c1.[2H]C([2H])([2H])c1cnc(-c2[c-]cccc2)cc1C([2H])([2H])[2H].[Ir].[Ir].[Ir].[Ir].[c-]1ccccc1-c1ccccn1.[c-]1nc2c(cc1-c1ccccn1)oc1ccccc12.[c-]1nc2oc3ccccc3c2cc1-c1ccccn1. The molecule has 0 saturated carbocycles. The maximum atomic E-state index is 7.50. The van der Waals surface area contributed by atoms with E-state index in [0.717, 1.165) is 173 Å². The molecule has 4 radical (unpaired) electrons. The molecule has 0 spiro atoms. The summed E-state index contributed by atoms with van der Waals surface area (Å²) in [4.78, 5) is 52.0. The van der Waals surface area contributed by atoms with Gasteiger partial charge in [-0.05, 0) is 199 Å². The summed E-state index contributed by atoms with van der Waals surface area (Å²) in [5.41, 5.74) is 27.1. The van der Waals surface area contributed by atoms with Gasteiger partial charge < -0.3 is 67.5 Å². The third-order valence-corrected chi connectivity index (χ3v) is 21.0. The Balaban J connectivity index is 0.000000138. The third-order valence-electron chi connectivity index (χ3n) is 21.0. The molecular formula is C117H86Ir4N12O4-8. The number of rotatable bonds is 9. The molecule has 0 saturated heterocycles. The molecule has 0 unspecified atom stereocenters. The van der Waals surface area contributed by atoms with E-state index < -0.39 is 13.7 Å². The number of nitrogens with zero attached hydrogens (tertiary/aromatic N) is 12. The molecule has 20 heteroatoms. The van der Waals surface area contributed by atoms with E-state index in [9.17, 15) is 0 Å². The third kappa shape index (κ3) is 24.9. The molecule has 8 aromatic carbocycles. The van der Waals surface area contributed by atoms with Crippen molar-refractivity contribution in [3.63, 3.8) is 0 Å². The number of hydrogen-bond donors (Lipinski definition) is 0. The second-order valence-corrected chi connectivity index (χ2v) is 30.9. The summed E-state index contributed by atoms with van der Waals surface area (Å²) in [7, 11) is 0. The first kappa shape index (κ1) is 91.5. The maximum absolute atomic E-state index is 7.50. The number of furan rings is 4. The van der Waals surface area contributed by atoms with Gasteiger partial charge in [0.05, 0.1) is 22.3 Å². The van der Waals surface area contributed by atoms with Crippen LogP contribution in [0.3, 0.4) is 0 Å². The normalized spacial score (nSPS) is 11.3. The van der Waals surface area contributed by atoms with Crippen LogP contribution in [0.15, 0.2) is 389 Å². The zero-order valence-corrected chi connectivity index (χ0v) is 84.2. The Kier molecular flexibility index (Phi) is 32.4. The summed E-state index contributed by atoms with van der Waals surface area (Å²) in [5, 5.41) is 6.16. The number of para-hydroxylation sites is 2. The standard InChI is InChI=1S/C20H17N2O.C17H11N2O.2C16H9N2O.C13H12N.2C12H10N.C11H8N.4Ir/c1-12(2)14-8-10-22-18-16-6-4-5-15(19(16)23-20(14)18)17-11-13(3)7-9-21-17;1-11-8-9-13-12-5-4-6-14(15-7-2-3-10-18-15)16(12)20-17(13)19-11;1-2-7-15-12(5-1)13-9-11(10-18-16(13)19-15)14-6-3-4-8-17-14;1-2-7-14-12(5-1)16-15(19-14)9-11(10-18-16)13-6-3-4-8-17-13;1-10-8-13(14-9-11(10)2)12-6-4-3-5-7-12;2*1-10-7-8-12(13-9-10)11-5-3-2-4-6-11;1-2-6-10(7-3-1)11-8-4-5-9-12-11;;;;/h4,6-12H,1-3H3;2-5,7-10H,1H3;2*1-9H;3-6,8-9H,1-2H3;2*2-5,7-9H,1H3;1-6,8-9H;;;;/q8*-1;;;;/i;;;;1D3,2D3;;;;;;;. The van der Waals surface area contributed by atoms with Gasteiger partial charge in [0.15, 0.2) is 0 Å². The number of pyridine rings is 12. The van der Waals surface area contributed by atoms with Crippen molar-refractivity contribution in [3.8, 4) is 90.1 Å². The van der Waals surface area contributed by atoms with E-state index in [4.69, 9.17) is 25.9 Å². The molecule has 0 bridgehead atoms. The number of aromatic nitrogens is 12. The van der Waals surface area contributed by atoms with Gasteiger partial charge in [-0.25, -0.2) is 4.98 Å². The zero-order valence-electron chi connectivity index (χ0n) is 80.6. The zero-order chi connectivity index (χ0) is 96.2. The minimum absolute atomic E-state index is 0. The Morgan fingerprint density at radius 3 is 1.30 bits per heavy atom. The van der Waals surface area contributed by atoms with Gasteiger partial charge in [0.1, 0.15) is 22.5 Å². The van der Waals surface area contributed by atoms with Crippen LogP contribution in [0.4, 0.5) is 0 Å². The van der Waals surface area contributed by atoms with Crippen molar-refractivity contribution in [1.29, 1.82) is 0 Å². The van der Waals surface area contributed by atoms with Crippen LogP contribution >= 0.6 is 0 Å². The number of benzene rings is 8. The van der Waals surface area contributed by atoms with Gasteiger partial charge in [-0.3, -0.25) is 4.98 Å². The fraction of sp³-hybridized carbons (Fsp3) is 0.0769. The van der Waals surface area contributed by atoms with Gasteiger partial charge in [0.2, 0.25) is 5.71 Å². The van der Waals surface area contributed by atoms with Crippen LogP contribution in [0.1, 0.15) is 67.1 Å². The molecule has 0 amide bonds. The smallest absolute Gasteiger partial charge is 0.216 e. The summed E-state index contributed by atoms with van der Waals surface area (Å²) < 4.78 is 68.4. The average molecular weight is 2500 g/mol. The van der Waals surface area contributed by atoms with Crippen molar-refractivity contribution in [2.75, 3.05) is 0 Å². The Morgan fingerprint density at radius 1 is 0.277 bits per heavy atom. The van der Waals surface area contributed by atoms with E-state index in [1.807, 2.05) is 312 Å². The number of aryl methyl sites for hydroxylation is 6. The molecule has 16 aromatic heterocycles. The van der Waals surface area contributed by atoms with Crippen LogP contribution in [0.25, 0.3) is 178 Å². The topological polar surface area (TPSA) is 207 Å². The minimum atomic E-state index is -2.50. The average Bonchev–Trinajstić information content (AvgIpc) is 1.61. The summed E-state index contributed by atoms with van der Waals surface area (Å²) >= 11 is 0. The van der Waals surface area contributed by atoms with Crippen molar-refractivity contribution in [1.82, 2.24) is 59.8 Å². The molecule has 0 N–H and O–H groups in total. The van der Waals surface area contributed by atoms with Crippen LogP contribution in [0.2, 0.25) is 0 Å². The molecule has 16 heterocycles. The van der Waals surface area contributed by atoms with E-state index in [1.54, 1.807) is 49.1 Å². The predicted octanol–water partition coefficient (Wildman–Crippen LogP) is 28.5. The van der Waals surface area contributed by atoms with Gasteiger partial charge in [-0.2, -0.15) is 0 Å². The molecule has 24 rings (SSSR count). The van der Waals surface area contributed by atoms with Crippen molar-refractivity contribution < 1.29 is 106 Å². The van der Waals surface area contributed by atoms with Crippen molar-refractivity contribution in [3.05, 3.63) is 459 Å². The van der Waals surface area contributed by atoms with Crippen LogP contribution in [0.5, 0.6) is 0 Å². The van der Waals surface area contributed by atoms with Gasteiger partial charge >= 0.3 is 0 Å². The van der Waals surface area contributed by atoms with E-state index in [0.29, 0.717) is 28.6 Å². The van der Waals surface area contributed by atoms with Crippen LogP contribution in [0, 0.1) is 90.2 Å². The maximum Gasteiger partial charge on any atom is 0.216 e. The van der Waals surface area contributed by atoms with Gasteiger partial charge in [-0.1, -0.05) is 169 Å². The number of hydrogen-bond acceptors (Lipinski definition) is 16. The largest absolute Gasteiger partial charge is 0.499 e. The first-order valence-corrected chi connectivity index (χ1v) is 42.8. The Morgan fingerprint density at radius 2 is 0.759 bits per heavy atom. The Hall–Kier alpha value is -14.6. The van der Waals surface area contributed by atoms with Crippen LogP contribution in [-0.4, -0.2) is 59.8 Å². The molecule has 0 aliphatic carbocycles. The molecule has 0 atom stereocenters. The Bertz CT molecular complexity index is 8110. The molecule has 0 fully saturated rings. The van der Waals surface area contributed by atoms with Crippen LogP contribution in [-0.2, 0) is 80.4 Å². The van der Waals surface area contributed by atoms with Gasteiger partial charge in [0.25, 0.3) is 0 Å². The van der Waals surface area contributed by atoms with Crippen molar-refractivity contribution in [2.24, 2.45) is 0 Å². The predicted molar refractivity (Wildman–Crippen MR) is 531 cm³/mol. The van der Waals surface area contributed by atoms with E-state index in [2.05, 4.69) is 148 Å². The molecule has 682 valence electrons. The minimum Gasteiger partial charge on any atom is -0.499 e.